The van der Waals surface area contributed by atoms with Crippen molar-refractivity contribution in [2.45, 2.75) is 0 Å². The van der Waals surface area contributed by atoms with Crippen molar-refractivity contribution in [1.82, 2.24) is 10.9 Å². The highest BCUT2D eigenvalue weighted by Gasteiger charge is 1.91. The molecule has 1 aliphatic heterocycles. The quantitative estimate of drug-likeness (QED) is 0.425. The Morgan fingerprint density at radius 3 is 2.71 bits per heavy atom. The standard InChI is InChI=1S/C2H3FN4/c3-7-5-2-1-4-6-7/h1-2,6H. The SMILES string of the molecule is FN1N=CC=NN1. The van der Waals surface area contributed by atoms with Crippen LogP contribution in [0.2, 0.25) is 0 Å². The van der Waals surface area contributed by atoms with Gasteiger partial charge in [-0.05, 0) is 5.34 Å². The first kappa shape index (κ1) is 4.04. The Labute approximate surface area is 39.2 Å². The maximum absolute atomic E-state index is 11.6. The van der Waals surface area contributed by atoms with Crippen molar-refractivity contribution in [2.75, 3.05) is 0 Å². The van der Waals surface area contributed by atoms with Gasteiger partial charge in [-0.15, -0.1) is 5.10 Å². The van der Waals surface area contributed by atoms with Gasteiger partial charge >= 0.3 is 0 Å². The number of nitrogens with one attached hydrogen (secondary N) is 1. The van der Waals surface area contributed by atoms with E-state index < -0.39 is 0 Å². The highest BCUT2D eigenvalue weighted by atomic mass is 19.2. The van der Waals surface area contributed by atoms with Crippen LogP contribution in [0, 0.1) is 0 Å². The summed E-state index contributed by atoms with van der Waals surface area (Å²) < 4.78 is 11.6. The van der Waals surface area contributed by atoms with E-state index in [1.807, 2.05) is 5.53 Å². The zero-order chi connectivity index (χ0) is 5.11. The Morgan fingerprint density at radius 1 is 1.57 bits per heavy atom. The van der Waals surface area contributed by atoms with Crippen LogP contribution in [0.4, 0.5) is 4.48 Å². The molecule has 0 radical (unpaired) electrons. The number of hydrogen-bond acceptors (Lipinski definition) is 4. The van der Waals surface area contributed by atoms with Crippen molar-refractivity contribution in [2.24, 2.45) is 10.2 Å². The summed E-state index contributed by atoms with van der Waals surface area (Å²) in [4.78, 5) is 0. The topological polar surface area (TPSA) is 40.0 Å². The molecule has 0 saturated carbocycles. The minimum atomic E-state index is 0.0139. The molecule has 4 nitrogen and oxygen atoms in total. The minimum Gasteiger partial charge on any atom is -0.172 e. The monoisotopic (exact) mass is 102 g/mol. The van der Waals surface area contributed by atoms with Gasteiger partial charge in [0.25, 0.3) is 0 Å². The third kappa shape index (κ3) is 0.850. The van der Waals surface area contributed by atoms with Crippen molar-refractivity contribution in [3.63, 3.8) is 0 Å². The van der Waals surface area contributed by atoms with Crippen LogP contribution < -0.4 is 5.53 Å². The first-order chi connectivity index (χ1) is 3.39. The van der Waals surface area contributed by atoms with Gasteiger partial charge in [0, 0.05) is 0 Å². The minimum absolute atomic E-state index is 0.0139. The lowest BCUT2D eigenvalue weighted by molar-refractivity contribution is -0.0295. The predicted octanol–water partition coefficient (Wildman–Crippen LogP) is -0.337. The summed E-state index contributed by atoms with van der Waals surface area (Å²) in [6, 6.07) is 0. The van der Waals surface area contributed by atoms with E-state index in [4.69, 9.17) is 0 Å². The van der Waals surface area contributed by atoms with Gasteiger partial charge in [-0.25, -0.2) is 0 Å². The van der Waals surface area contributed by atoms with Crippen LogP contribution in [-0.4, -0.2) is 17.8 Å². The maximum atomic E-state index is 11.6. The fraction of sp³-hybridized carbons (Fsp3) is 0. The van der Waals surface area contributed by atoms with E-state index >= 15 is 0 Å². The molecule has 7 heavy (non-hydrogen) atoms. The maximum Gasteiger partial charge on any atom is 0.0721 e. The molecule has 1 aliphatic rings. The van der Waals surface area contributed by atoms with Gasteiger partial charge in [-0.3, -0.25) is 0 Å². The van der Waals surface area contributed by atoms with Crippen LogP contribution in [-0.2, 0) is 0 Å². The number of hydrazone groups is 2. The number of halogens is 1. The molecule has 1 N–H and O–H groups in total. The molecule has 0 spiro atoms. The average Bonchev–Trinajstić information content (AvgIpc) is 1.69. The Morgan fingerprint density at radius 2 is 2.43 bits per heavy atom. The van der Waals surface area contributed by atoms with E-state index in [1.165, 1.54) is 12.4 Å². The van der Waals surface area contributed by atoms with Crippen molar-refractivity contribution in [3.8, 4) is 0 Å². The lowest BCUT2D eigenvalue weighted by atomic mass is 10.8. The molecule has 1 heterocycles. The molecule has 38 valence electrons. The largest absolute Gasteiger partial charge is 0.172 e. The van der Waals surface area contributed by atoms with Gasteiger partial charge in [-0.1, -0.05) is 4.48 Å². The molecule has 0 bridgehead atoms. The first-order valence-electron chi connectivity index (χ1n) is 1.67. The Bertz CT molecular complexity index is 108. The number of rotatable bonds is 0. The summed E-state index contributed by atoms with van der Waals surface area (Å²) in [7, 11) is 0. The first-order valence-corrected chi connectivity index (χ1v) is 1.67. The molecule has 0 unspecified atom stereocenters. The van der Waals surface area contributed by atoms with Crippen molar-refractivity contribution in [1.29, 1.82) is 0 Å². The molecule has 0 aliphatic carbocycles. The second kappa shape index (κ2) is 1.55. The fourth-order valence-electron chi connectivity index (χ4n) is 0.228. The molecular weight excluding hydrogens is 99.0 g/mol. The summed E-state index contributed by atoms with van der Waals surface area (Å²) in [5, 5.41) is 6.41. The molecule has 0 aromatic rings. The van der Waals surface area contributed by atoms with Gasteiger partial charge in [0.2, 0.25) is 0 Å². The summed E-state index contributed by atoms with van der Waals surface area (Å²) in [6.45, 7) is 0. The number of hydrazine groups is 1. The molecule has 0 amide bonds. The van der Waals surface area contributed by atoms with E-state index in [9.17, 15) is 4.48 Å². The van der Waals surface area contributed by atoms with Crippen LogP contribution in [0.3, 0.4) is 0 Å². The molecule has 0 saturated heterocycles. The van der Waals surface area contributed by atoms with Gasteiger partial charge in [0.05, 0.1) is 12.4 Å². The second-order valence-electron chi connectivity index (χ2n) is 0.903. The van der Waals surface area contributed by atoms with Crippen molar-refractivity contribution >= 4 is 12.4 Å². The molecular formula is C2H3FN4. The van der Waals surface area contributed by atoms with Crippen LogP contribution >= 0.6 is 0 Å². The van der Waals surface area contributed by atoms with Crippen LogP contribution in [0.15, 0.2) is 10.2 Å². The van der Waals surface area contributed by atoms with Gasteiger partial charge in [0.15, 0.2) is 0 Å². The van der Waals surface area contributed by atoms with Gasteiger partial charge in [0.1, 0.15) is 0 Å². The zero-order valence-corrected chi connectivity index (χ0v) is 3.37. The van der Waals surface area contributed by atoms with E-state index in [0.29, 0.717) is 0 Å². The number of nitrogens with zero attached hydrogens (tertiary/aromatic N) is 3. The van der Waals surface area contributed by atoms with Crippen LogP contribution in [0.5, 0.6) is 0 Å². The summed E-state index contributed by atoms with van der Waals surface area (Å²) in [6.07, 6.45) is 2.58. The molecule has 0 aromatic heterocycles. The van der Waals surface area contributed by atoms with E-state index in [1.54, 1.807) is 0 Å². The van der Waals surface area contributed by atoms with E-state index in [-0.39, 0.29) is 5.34 Å². The summed E-state index contributed by atoms with van der Waals surface area (Å²) in [5.74, 6) is 0. The molecule has 1 rings (SSSR count). The van der Waals surface area contributed by atoms with Crippen LogP contribution in [0.25, 0.3) is 0 Å². The normalized spacial score (nSPS) is 17.0. The lowest BCUT2D eigenvalue weighted by Crippen LogP contribution is -2.23. The molecule has 5 heteroatoms. The Kier molecular flexibility index (Phi) is 0.892. The van der Waals surface area contributed by atoms with E-state index in [0.717, 1.165) is 0 Å². The molecule has 0 aromatic carbocycles. The van der Waals surface area contributed by atoms with Gasteiger partial charge < -0.3 is 0 Å². The Hall–Kier alpha value is -1.13. The second-order valence-corrected chi connectivity index (χ2v) is 0.903. The number of hydrogen-bond donors (Lipinski definition) is 1. The third-order valence-corrected chi connectivity index (χ3v) is 0.450. The predicted molar refractivity (Wildman–Crippen MR) is 23.1 cm³/mol. The lowest BCUT2D eigenvalue weighted by Gasteiger charge is -2.04. The van der Waals surface area contributed by atoms with Crippen LogP contribution in [0.1, 0.15) is 0 Å². The highest BCUT2D eigenvalue weighted by molar-refractivity contribution is 6.15. The zero-order valence-electron chi connectivity index (χ0n) is 3.37. The van der Waals surface area contributed by atoms with E-state index in [2.05, 4.69) is 10.2 Å². The van der Waals surface area contributed by atoms with Crippen molar-refractivity contribution < 1.29 is 4.48 Å². The molecule has 0 fully saturated rings. The third-order valence-electron chi connectivity index (χ3n) is 0.450. The summed E-state index contributed by atoms with van der Waals surface area (Å²) in [5.41, 5.74) is 1.92. The fourth-order valence-corrected chi connectivity index (χ4v) is 0.228. The van der Waals surface area contributed by atoms with Gasteiger partial charge in [-0.2, -0.15) is 10.6 Å². The highest BCUT2D eigenvalue weighted by Crippen LogP contribution is 1.82. The smallest absolute Gasteiger partial charge is 0.0721 e. The molecule has 0 atom stereocenters. The van der Waals surface area contributed by atoms with Crippen molar-refractivity contribution in [3.05, 3.63) is 0 Å². The Balaban J connectivity index is 2.49. The average molecular weight is 102 g/mol. The summed E-state index contributed by atoms with van der Waals surface area (Å²) >= 11 is 0.